The highest BCUT2D eigenvalue weighted by molar-refractivity contribution is 5.50. The Morgan fingerprint density at radius 1 is 1.05 bits per heavy atom. The topological polar surface area (TPSA) is 86.5 Å². The van der Waals surface area contributed by atoms with Crippen LogP contribution >= 0.6 is 0 Å². The Hall–Kier alpha value is -2.40. The second-order valence-corrected chi connectivity index (χ2v) is 5.22. The first-order valence-corrected chi connectivity index (χ1v) is 6.85. The average Bonchev–Trinajstić information content (AvgIpc) is 2.48. The van der Waals surface area contributed by atoms with Gasteiger partial charge in [-0.05, 0) is 35.9 Å². The summed E-state index contributed by atoms with van der Waals surface area (Å²) < 4.78 is 5.15. The van der Waals surface area contributed by atoms with Gasteiger partial charge < -0.3 is 25.4 Å². The van der Waals surface area contributed by atoms with E-state index in [1.165, 1.54) is 7.11 Å². The lowest BCUT2D eigenvalue weighted by Gasteiger charge is -2.25. The zero-order chi connectivity index (χ0) is 15.0. The number of hydrogen-bond acceptors (Lipinski definition) is 4. The number of quaternary nitrogens is 1. The minimum atomic E-state index is -0.111. The van der Waals surface area contributed by atoms with E-state index in [1.807, 2.05) is 6.07 Å². The van der Waals surface area contributed by atoms with Gasteiger partial charge >= 0.3 is 0 Å². The molecule has 110 valence electrons. The van der Waals surface area contributed by atoms with E-state index in [2.05, 4.69) is 5.32 Å². The lowest BCUT2D eigenvalue weighted by Crippen LogP contribution is -2.87. The third kappa shape index (κ3) is 2.36. The molecule has 0 amide bonds. The normalized spacial score (nSPS) is 17.3. The van der Waals surface area contributed by atoms with Crippen molar-refractivity contribution in [3.8, 4) is 23.0 Å². The molecule has 0 saturated heterocycles. The number of ether oxygens (including phenoxy) is 1. The molecule has 1 atom stereocenters. The van der Waals surface area contributed by atoms with Crippen LogP contribution in [0.15, 0.2) is 30.3 Å². The summed E-state index contributed by atoms with van der Waals surface area (Å²) in [6, 6.07) is 8.51. The summed E-state index contributed by atoms with van der Waals surface area (Å²) in [6.07, 6.45) is 0.842. The monoisotopic (exact) mass is 288 g/mol. The zero-order valence-corrected chi connectivity index (χ0v) is 11.7. The highest BCUT2D eigenvalue weighted by Gasteiger charge is 2.27. The molecular formula is C16H18NO4+. The van der Waals surface area contributed by atoms with Crippen molar-refractivity contribution in [1.29, 1.82) is 0 Å². The standard InChI is InChI=1S/C16H17NO4/c1-21-15-7-10(2-3-12(15)18)16-11-8-14(20)13(19)6-9(11)4-5-17-16/h2-3,6-8,16-20H,4-5H2,1H3/p+1/t16-/m1/s1. The van der Waals surface area contributed by atoms with Gasteiger partial charge in [0.05, 0.1) is 13.7 Å². The van der Waals surface area contributed by atoms with Gasteiger partial charge in [-0.25, -0.2) is 0 Å². The van der Waals surface area contributed by atoms with E-state index in [0.717, 1.165) is 29.7 Å². The third-order valence-corrected chi connectivity index (χ3v) is 3.95. The predicted octanol–water partition coefficient (Wildman–Crippen LogP) is 1.02. The van der Waals surface area contributed by atoms with Gasteiger partial charge in [-0.2, -0.15) is 0 Å². The fourth-order valence-electron chi connectivity index (χ4n) is 2.88. The number of aromatic hydroxyl groups is 3. The molecule has 1 aliphatic rings. The molecule has 0 aliphatic carbocycles. The molecule has 0 unspecified atom stereocenters. The SMILES string of the molecule is COc1cc([C@H]2[NH2+]CCc3cc(O)c(O)cc32)ccc1O. The molecule has 21 heavy (non-hydrogen) atoms. The smallest absolute Gasteiger partial charge is 0.160 e. The van der Waals surface area contributed by atoms with Gasteiger partial charge in [0, 0.05) is 17.5 Å². The van der Waals surface area contributed by atoms with Crippen molar-refractivity contribution in [2.75, 3.05) is 13.7 Å². The van der Waals surface area contributed by atoms with Gasteiger partial charge in [-0.1, -0.05) is 0 Å². The van der Waals surface area contributed by atoms with Crippen LogP contribution in [0.3, 0.4) is 0 Å². The largest absolute Gasteiger partial charge is 0.504 e. The van der Waals surface area contributed by atoms with E-state index in [0.29, 0.717) is 5.75 Å². The maximum absolute atomic E-state index is 9.76. The Labute approximate surface area is 122 Å². The number of phenolic OH excluding ortho intramolecular Hbond substituents is 3. The third-order valence-electron chi connectivity index (χ3n) is 3.95. The van der Waals surface area contributed by atoms with Crippen LogP contribution < -0.4 is 10.1 Å². The van der Waals surface area contributed by atoms with Crippen molar-refractivity contribution < 1.29 is 25.4 Å². The molecule has 0 spiro atoms. The second kappa shape index (κ2) is 5.18. The first-order chi connectivity index (χ1) is 10.1. The van der Waals surface area contributed by atoms with Crippen LogP contribution in [0.4, 0.5) is 0 Å². The number of benzene rings is 2. The predicted molar refractivity (Wildman–Crippen MR) is 76.8 cm³/mol. The molecule has 5 heteroatoms. The van der Waals surface area contributed by atoms with E-state index in [9.17, 15) is 15.3 Å². The Morgan fingerprint density at radius 2 is 1.81 bits per heavy atom. The maximum Gasteiger partial charge on any atom is 0.160 e. The Bertz CT molecular complexity index is 684. The van der Waals surface area contributed by atoms with E-state index in [-0.39, 0.29) is 23.3 Å². The van der Waals surface area contributed by atoms with Crippen molar-refractivity contribution in [2.24, 2.45) is 0 Å². The van der Waals surface area contributed by atoms with E-state index >= 15 is 0 Å². The van der Waals surface area contributed by atoms with Gasteiger partial charge in [0.1, 0.15) is 6.04 Å². The van der Waals surface area contributed by atoms with E-state index in [1.54, 1.807) is 24.3 Å². The molecule has 0 aromatic heterocycles. The molecule has 0 radical (unpaired) electrons. The summed E-state index contributed by atoms with van der Waals surface area (Å²) in [4.78, 5) is 0. The van der Waals surface area contributed by atoms with Gasteiger partial charge in [0.2, 0.25) is 0 Å². The van der Waals surface area contributed by atoms with Crippen molar-refractivity contribution in [3.05, 3.63) is 47.0 Å². The average molecular weight is 288 g/mol. The Kier molecular flexibility index (Phi) is 3.35. The summed E-state index contributed by atoms with van der Waals surface area (Å²) >= 11 is 0. The summed E-state index contributed by atoms with van der Waals surface area (Å²) in [5.74, 6) is 0.333. The second-order valence-electron chi connectivity index (χ2n) is 5.22. The minimum absolute atomic E-state index is 0.00903. The maximum atomic E-state index is 9.76. The van der Waals surface area contributed by atoms with Gasteiger partial charge in [-0.15, -0.1) is 0 Å². The number of phenols is 3. The summed E-state index contributed by atoms with van der Waals surface area (Å²) in [7, 11) is 1.52. The van der Waals surface area contributed by atoms with Gasteiger partial charge in [-0.3, -0.25) is 0 Å². The Balaban J connectivity index is 2.07. The fourth-order valence-corrected chi connectivity index (χ4v) is 2.88. The van der Waals surface area contributed by atoms with Crippen LogP contribution in [0.25, 0.3) is 0 Å². The summed E-state index contributed by atoms with van der Waals surface area (Å²) in [5, 5.41) is 31.3. The molecular weight excluding hydrogens is 270 g/mol. The lowest BCUT2D eigenvalue weighted by molar-refractivity contribution is -0.690. The van der Waals surface area contributed by atoms with E-state index in [4.69, 9.17) is 4.74 Å². The molecule has 3 rings (SSSR count). The van der Waals surface area contributed by atoms with E-state index < -0.39 is 0 Å². The molecule has 1 heterocycles. The van der Waals surface area contributed by atoms with Crippen molar-refractivity contribution in [1.82, 2.24) is 0 Å². The van der Waals surface area contributed by atoms with Gasteiger partial charge in [0.15, 0.2) is 23.0 Å². The van der Waals surface area contributed by atoms with Crippen LogP contribution in [0, 0.1) is 0 Å². The number of rotatable bonds is 2. The Morgan fingerprint density at radius 3 is 2.57 bits per heavy atom. The first-order valence-electron chi connectivity index (χ1n) is 6.85. The minimum Gasteiger partial charge on any atom is -0.504 e. The molecule has 0 saturated carbocycles. The van der Waals surface area contributed by atoms with Crippen LogP contribution in [-0.4, -0.2) is 29.0 Å². The van der Waals surface area contributed by atoms with Crippen molar-refractivity contribution in [3.63, 3.8) is 0 Å². The fraction of sp³-hybridized carbons (Fsp3) is 0.250. The van der Waals surface area contributed by atoms with Crippen LogP contribution in [0.1, 0.15) is 22.7 Å². The summed E-state index contributed by atoms with van der Waals surface area (Å²) in [5.41, 5.74) is 2.99. The first kappa shape index (κ1) is 13.6. The number of methoxy groups -OCH3 is 1. The quantitative estimate of drug-likeness (QED) is 0.622. The van der Waals surface area contributed by atoms with Crippen molar-refractivity contribution >= 4 is 0 Å². The van der Waals surface area contributed by atoms with Gasteiger partial charge in [0.25, 0.3) is 0 Å². The molecule has 5 nitrogen and oxygen atoms in total. The lowest BCUT2D eigenvalue weighted by atomic mass is 9.89. The van der Waals surface area contributed by atoms with Crippen LogP contribution in [0.5, 0.6) is 23.0 Å². The molecule has 1 aliphatic heterocycles. The highest BCUT2D eigenvalue weighted by atomic mass is 16.5. The van der Waals surface area contributed by atoms with Crippen LogP contribution in [-0.2, 0) is 6.42 Å². The van der Waals surface area contributed by atoms with Crippen LogP contribution in [0.2, 0.25) is 0 Å². The number of fused-ring (bicyclic) bond motifs is 1. The molecule has 2 aromatic carbocycles. The molecule has 5 N–H and O–H groups in total. The highest BCUT2D eigenvalue weighted by Crippen LogP contribution is 2.36. The molecule has 0 bridgehead atoms. The number of hydrogen-bond donors (Lipinski definition) is 4. The summed E-state index contributed by atoms with van der Waals surface area (Å²) in [6.45, 7) is 0.894. The number of nitrogens with two attached hydrogens (primary N) is 1. The zero-order valence-electron chi connectivity index (χ0n) is 11.7. The molecule has 2 aromatic rings. The molecule has 0 fully saturated rings. The van der Waals surface area contributed by atoms with Crippen molar-refractivity contribution in [2.45, 2.75) is 12.5 Å².